The van der Waals surface area contributed by atoms with Gasteiger partial charge in [-0.1, -0.05) is 20.8 Å². The lowest BCUT2D eigenvalue weighted by Crippen LogP contribution is -2.13. The second kappa shape index (κ2) is 5.44. The van der Waals surface area contributed by atoms with Crippen LogP contribution in [-0.4, -0.2) is 4.98 Å². The summed E-state index contributed by atoms with van der Waals surface area (Å²) in [5.74, 6) is 0. The Hall–Kier alpha value is -2.80. The van der Waals surface area contributed by atoms with Crippen LogP contribution in [0.25, 0.3) is 22.1 Å². The van der Waals surface area contributed by atoms with Gasteiger partial charge in [-0.2, -0.15) is 5.26 Å². The standard InChI is InChI=1S/C19H18N2O2/c1-19(2,3)16-10-13(14-5-4-8-21-18(14)22)9-15-12(6-7-20)11-23-17(15)16/h4-5,8-11H,6H2,1-3H3,(H,21,22). The van der Waals surface area contributed by atoms with Crippen molar-refractivity contribution in [3.05, 3.63) is 58.2 Å². The molecule has 0 saturated carbocycles. The van der Waals surface area contributed by atoms with Crippen molar-refractivity contribution < 1.29 is 4.42 Å². The number of H-pyrrole nitrogens is 1. The van der Waals surface area contributed by atoms with Gasteiger partial charge in [-0.25, -0.2) is 0 Å². The van der Waals surface area contributed by atoms with Gasteiger partial charge in [-0.15, -0.1) is 0 Å². The van der Waals surface area contributed by atoms with E-state index < -0.39 is 0 Å². The minimum atomic E-state index is -0.141. The smallest absolute Gasteiger partial charge is 0.255 e. The Balaban J connectivity index is 2.36. The molecular weight excluding hydrogens is 288 g/mol. The van der Waals surface area contributed by atoms with Crippen molar-refractivity contribution in [3.8, 4) is 17.2 Å². The fraction of sp³-hybridized carbons (Fsp3) is 0.263. The van der Waals surface area contributed by atoms with Gasteiger partial charge in [0.05, 0.1) is 18.8 Å². The van der Waals surface area contributed by atoms with Crippen molar-refractivity contribution in [2.45, 2.75) is 32.6 Å². The molecule has 3 rings (SSSR count). The van der Waals surface area contributed by atoms with Gasteiger partial charge in [-0.3, -0.25) is 4.79 Å². The Morgan fingerprint density at radius 3 is 2.74 bits per heavy atom. The highest BCUT2D eigenvalue weighted by Crippen LogP contribution is 2.36. The van der Waals surface area contributed by atoms with Gasteiger partial charge in [0.25, 0.3) is 5.56 Å². The first kappa shape index (κ1) is 15.1. The van der Waals surface area contributed by atoms with Crippen LogP contribution in [0.15, 0.2) is 45.9 Å². The third-order valence-corrected chi connectivity index (χ3v) is 3.96. The van der Waals surface area contributed by atoms with Crippen LogP contribution in [0.1, 0.15) is 31.9 Å². The molecular formula is C19H18N2O2. The number of nitrogens with one attached hydrogen (secondary N) is 1. The number of benzene rings is 1. The van der Waals surface area contributed by atoms with Crippen molar-refractivity contribution in [1.29, 1.82) is 5.26 Å². The molecule has 4 heteroatoms. The summed E-state index contributed by atoms with van der Waals surface area (Å²) in [6.07, 6.45) is 3.54. The van der Waals surface area contributed by atoms with Gasteiger partial charge < -0.3 is 9.40 Å². The molecule has 0 aliphatic carbocycles. The molecule has 0 bridgehead atoms. The third-order valence-electron chi connectivity index (χ3n) is 3.96. The first-order valence-corrected chi connectivity index (χ1v) is 7.51. The van der Waals surface area contributed by atoms with Crippen molar-refractivity contribution in [1.82, 2.24) is 4.98 Å². The van der Waals surface area contributed by atoms with Crippen LogP contribution >= 0.6 is 0 Å². The fourth-order valence-corrected chi connectivity index (χ4v) is 2.77. The molecule has 0 saturated heterocycles. The van der Waals surface area contributed by atoms with E-state index in [9.17, 15) is 4.79 Å². The Bertz CT molecular complexity index is 965. The highest BCUT2D eigenvalue weighted by molar-refractivity contribution is 5.90. The lowest BCUT2D eigenvalue weighted by atomic mass is 9.84. The first-order chi connectivity index (χ1) is 10.9. The second-order valence-corrected chi connectivity index (χ2v) is 6.66. The minimum absolute atomic E-state index is 0.128. The average molecular weight is 306 g/mol. The highest BCUT2D eigenvalue weighted by atomic mass is 16.3. The van der Waals surface area contributed by atoms with Gasteiger partial charge in [0.1, 0.15) is 5.58 Å². The lowest BCUT2D eigenvalue weighted by molar-refractivity contribution is 0.558. The fourth-order valence-electron chi connectivity index (χ4n) is 2.77. The van der Waals surface area contributed by atoms with Crippen molar-refractivity contribution in [2.24, 2.45) is 0 Å². The number of aromatic amines is 1. The van der Waals surface area contributed by atoms with Crippen LogP contribution in [0.4, 0.5) is 0 Å². The Labute approximate surface area is 134 Å². The molecule has 1 N–H and O–H groups in total. The van der Waals surface area contributed by atoms with E-state index in [2.05, 4.69) is 31.8 Å². The van der Waals surface area contributed by atoms with Crippen LogP contribution < -0.4 is 5.56 Å². The molecule has 116 valence electrons. The molecule has 0 aliphatic heterocycles. The van der Waals surface area contributed by atoms with E-state index in [1.165, 1.54) is 0 Å². The molecule has 23 heavy (non-hydrogen) atoms. The normalized spacial score (nSPS) is 11.6. The average Bonchev–Trinajstić information content (AvgIpc) is 2.89. The summed E-state index contributed by atoms with van der Waals surface area (Å²) >= 11 is 0. The quantitative estimate of drug-likeness (QED) is 0.773. The summed E-state index contributed by atoms with van der Waals surface area (Å²) in [5, 5.41) is 9.91. The van der Waals surface area contributed by atoms with Crippen molar-refractivity contribution in [3.63, 3.8) is 0 Å². The molecule has 0 aliphatic rings. The molecule has 0 radical (unpaired) electrons. The zero-order valence-electron chi connectivity index (χ0n) is 13.4. The topological polar surface area (TPSA) is 69.8 Å². The van der Waals surface area contributed by atoms with Gasteiger partial charge in [0.2, 0.25) is 0 Å². The van der Waals surface area contributed by atoms with Crippen LogP contribution in [-0.2, 0) is 11.8 Å². The lowest BCUT2D eigenvalue weighted by Gasteiger charge is -2.20. The summed E-state index contributed by atoms with van der Waals surface area (Å²) in [6, 6.07) is 9.72. The second-order valence-electron chi connectivity index (χ2n) is 6.66. The molecule has 0 amide bonds. The zero-order chi connectivity index (χ0) is 16.6. The van der Waals surface area contributed by atoms with E-state index in [1.807, 2.05) is 18.2 Å². The monoisotopic (exact) mass is 306 g/mol. The number of hydrogen-bond donors (Lipinski definition) is 1. The number of aromatic nitrogens is 1. The number of rotatable bonds is 2. The van der Waals surface area contributed by atoms with E-state index in [1.54, 1.807) is 18.5 Å². The van der Waals surface area contributed by atoms with Gasteiger partial charge in [0, 0.05) is 28.3 Å². The van der Waals surface area contributed by atoms with Gasteiger partial charge in [0.15, 0.2) is 0 Å². The molecule has 1 aromatic carbocycles. The van der Waals surface area contributed by atoms with Crippen molar-refractivity contribution >= 4 is 11.0 Å². The van der Waals surface area contributed by atoms with Crippen LogP contribution in [0.5, 0.6) is 0 Å². The van der Waals surface area contributed by atoms with Crippen molar-refractivity contribution in [2.75, 3.05) is 0 Å². The molecule has 0 fully saturated rings. The maximum Gasteiger partial charge on any atom is 0.255 e. The first-order valence-electron chi connectivity index (χ1n) is 7.51. The number of hydrogen-bond acceptors (Lipinski definition) is 3. The number of pyridine rings is 1. The maximum absolute atomic E-state index is 12.1. The number of nitriles is 1. The van der Waals surface area contributed by atoms with E-state index in [4.69, 9.17) is 9.68 Å². The summed E-state index contributed by atoms with van der Waals surface area (Å²) in [4.78, 5) is 14.8. The number of nitrogens with zero attached hydrogens (tertiary/aromatic N) is 1. The molecule has 0 atom stereocenters. The predicted octanol–water partition coefficient (Wildman–Crippen LogP) is 4.15. The molecule has 3 aromatic rings. The SMILES string of the molecule is CC(C)(C)c1cc(-c2ccc[nH]c2=O)cc2c(CC#N)coc12. The minimum Gasteiger partial charge on any atom is -0.464 e. The van der Waals surface area contributed by atoms with Crippen LogP contribution in [0.3, 0.4) is 0 Å². The summed E-state index contributed by atoms with van der Waals surface area (Å²) < 4.78 is 5.74. The van der Waals surface area contributed by atoms with E-state index in [0.29, 0.717) is 5.56 Å². The van der Waals surface area contributed by atoms with E-state index in [0.717, 1.165) is 27.7 Å². The predicted molar refractivity (Wildman–Crippen MR) is 90.3 cm³/mol. The summed E-state index contributed by atoms with van der Waals surface area (Å²) in [6.45, 7) is 6.31. The van der Waals surface area contributed by atoms with Gasteiger partial charge >= 0.3 is 0 Å². The molecule has 4 nitrogen and oxygen atoms in total. The molecule has 0 unspecified atom stereocenters. The molecule has 2 heterocycles. The van der Waals surface area contributed by atoms with E-state index in [-0.39, 0.29) is 17.4 Å². The summed E-state index contributed by atoms with van der Waals surface area (Å²) in [7, 11) is 0. The van der Waals surface area contributed by atoms with Gasteiger partial charge in [-0.05, 0) is 35.2 Å². The zero-order valence-corrected chi connectivity index (χ0v) is 13.4. The highest BCUT2D eigenvalue weighted by Gasteiger charge is 2.22. The molecule has 0 spiro atoms. The summed E-state index contributed by atoms with van der Waals surface area (Å²) in [5.41, 5.74) is 3.85. The third kappa shape index (κ3) is 2.66. The number of fused-ring (bicyclic) bond motifs is 1. The van der Waals surface area contributed by atoms with Crippen LogP contribution in [0, 0.1) is 11.3 Å². The maximum atomic E-state index is 12.1. The Morgan fingerprint density at radius 2 is 2.09 bits per heavy atom. The number of furan rings is 1. The largest absolute Gasteiger partial charge is 0.464 e. The Kier molecular flexibility index (Phi) is 3.57. The molecule has 2 aromatic heterocycles. The van der Waals surface area contributed by atoms with E-state index >= 15 is 0 Å². The Morgan fingerprint density at radius 1 is 1.30 bits per heavy atom. The van der Waals surface area contributed by atoms with Crippen LogP contribution in [0.2, 0.25) is 0 Å².